The molecular weight excluding hydrogens is 448 g/mol. The Balaban J connectivity index is 2.80. The molecule has 11 heteroatoms. The lowest BCUT2D eigenvalue weighted by atomic mass is 10.0. The number of hydrogen-bond donors (Lipinski definition) is 6. The standard InChI is InChI=1S/C22H34N4O6S/c1-13(2)18(22(31)32)26-20(29)16(9-10-33-3)24-21(30)17(12-27)25-19(28)15(23)11-14-7-5-4-6-8-14/h4-8,13,15-18,27H,9-12,23H2,1-3H3,(H,24,30)(H,25,28)(H,26,29)(H,31,32). The van der Waals surface area contributed by atoms with E-state index in [1.807, 2.05) is 36.6 Å². The maximum atomic E-state index is 12.7. The number of thioether (sulfide) groups is 1. The van der Waals surface area contributed by atoms with E-state index in [0.29, 0.717) is 5.75 Å². The molecular formula is C22H34N4O6S. The highest BCUT2D eigenvalue weighted by Crippen LogP contribution is 2.07. The van der Waals surface area contributed by atoms with E-state index >= 15 is 0 Å². The predicted octanol–water partition coefficient (Wildman–Crippen LogP) is -0.503. The highest BCUT2D eigenvalue weighted by atomic mass is 32.2. The molecule has 3 amide bonds. The molecule has 0 saturated carbocycles. The Morgan fingerprint density at radius 2 is 1.55 bits per heavy atom. The summed E-state index contributed by atoms with van der Waals surface area (Å²) in [4.78, 5) is 49.2. The predicted molar refractivity (Wildman–Crippen MR) is 126 cm³/mol. The third-order valence-electron chi connectivity index (χ3n) is 4.92. The molecule has 4 unspecified atom stereocenters. The van der Waals surface area contributed by atoms with Crippen LogP contribution in [0.1, 0.15) is 25.8 Å². The summed E-state index contributed by atoms with van der Waals surface area (Å²) in [6.07, 6.45) is 2.32. The minimum atomic E-state index is -1.32. The van der Waals surface area contributed by atoms with Gasteiger partial charge in [0.2, 0.25) is 17.7 Å². The number of carbonyl (C=O) groups excluding carboxylic acids is 3. The van der Waals surface area contributed by atoms with E-state index in [9.17, 15) is 29.4 Å². The lowest BCUT2D eigenvalue weighted by Gasteiger charge is -2.25. The maximum absolute atomic E-state index is 12.7. The van der Waals surface area contributed by atoms with Crippen molar-refractivity contribution in [2.75, 3.05) is 18.6 Å². The van der Waals surface area contributed by atoms with Crippen molar-refractivity contribution in [2.45, 2.75) is 50.9 Å². The number of carboxylic acids is 1. The first-order valence-electron chi connectivity index (χ1n) is 10.6. The zero-order valence-electron chi connectivity index (χ0n) is 19.1. The fourth-order valence-corrected chi connectivity index (χ4v) is 3.45. The van der Waals surface area contributed by atoms with E-state index in [0.717, 1.165) is 5.56 Å². The van der Waals surface area contributed by atoms with E-state index in [2.05, 4.69) is 16.0 Å². The molecule has 1 aromatic rings. The van der Waals surface area contributed by atoms with Crippen LogP contribution in [-0.2, 0) is 25.6 Å². The monoisotopic (exact) mass is 482 g/mol. The smallest absolute Gasteiger partial charge is 0.326 e. The van der Waals surface area contributed by atoms with Crippen LogP contribution in [0.5, 0.6) is 0 Å². The Labute approximate surface area is 198 Å². The van der Waals surface area contributed by atoms with Gasteiger partial charge in [0.05, 0.1) is 12.6 Å². The van der Waals surface area contributed by atoms with Gasteiger partial charge >= 0.3 is 5.97 Å². The van der Waals surface area contributed by atoms with Gasteiger partial charge in [0, 0.05) is 0 Å². The molecule has 0 fully saturated rings. The number of benzene rings is 1. The van der Waals surface area contributed by atoms with Crippen LogP contribution in [0.25, 0.3) is 0 Å². The number of aliphatic hydroxyl groups is 1. The van der Waals surface area contributed by atoms with Crippen molar-refractivity contribution in [3.63, 3.8) is 0 Å². The van der Waals surface area contributed by atoms with Gasteiger partial charge in [-0.05, 0) is 36.3 Å². The highest BCUT2D eigenvalue weighted by molar-refractivity contribution is 7.98. The molecule has 184 valence electrons. The molecule has 0 bridgehead atoms. The molecule has 0 heterocycles. The molecule has 1 aromatic carbocycles. The van der Waals surface area contributed by atoms with Crippen molar-refractivity contribution >= 4 is 35.5 Å². The van der Waals surface area contributed by atoms with Crippen LogP contribution < -0.4 is 21.7 Å². The number of aliphatic carboxylic acids is 1. The molecule has 0 aliphatic carbocycles. The number of hydrogen-bond acceptors (Lipinski definition) is 7. The van der Waals surface area contributed by atoms with Crippen molar-refractivity contribution < 1.29 is 29.4 Å². The quantitative estimate of drug-likeness (QED) is 0.206. The third kappa shape index (κ3) is 9.80. The Kier molecular flexibility index (Phi) is 12.5. The van der Waals surface area contributed by atoms with Crippen LogP contribution in [0.4, 0.5) is 0 Å². The fraction of sp³-hybridized carbons (Fsp3) is 0.545. The third-order valence-corrected chi connectivity index (χ3v) is 5.57. The molecule has 4 atom stereocenters. The summed E-state index contributed by atoms with van der Waals surface area (Å²) in [6, 6.07) is 4.71. The Hall–Kier alpha value is -2.63. The zero-order valence-corrected chi connectivity index (χ0v) is 19.9. The summed E-state index contributed by atoms with van der Waals surface area (Å²) in [5.41, 5.74) is 6.78. The summed E-state index contributed by atoms with van der Waals surface area (Å²) >= 11 is 1.45. The Morgan fingerprint density at radius 1 is 0.970 bits per heavy atom. The van der Waals surface area contributed by atoms with Crippen molar-refractivity contribution in [2.24, 2.45) is 11.7 Å². The molecule has 10 nitrogen and oxygen atoms in total. The Morgan fingerprint density at radius 3 is 2.06 bits per heavy atom. The number of nitrogens with one attached hydrogen (secondary N) is 3. The average molecular weight is 483 g/mol. The van der Waals surface area contributed by atoms with E-state index in [-0.39, 0.29) is 18.8 Å². The van der Waals surface area contributed by atoms with Gasteiger partial charge in [-0.25, -0.2) is 4.79 Å². The van der Waals surface area contributed by atoms with Crippen LogP contribution >= 0.6 is 11.8 Å². The number of carbonyl (C=O) groups is 4. The normalized spacial score (nSPS) is 14.6. The lowest BCUT2D eigenvalue weighted by molar-refractivity contribution is -0.143. The number of rotatable bonds is 14. The second-order valence-electron chi connectivity index (χ2n) is 7.95. The highest BCUT2D eigenvalue weighted by Gasteiger charge is 2.30. The van der Waals surface area contributed by atoms with Gasteiger partial charge in [0.15, 0.2) is 0 Å². The second kappa shape index (κ2) is 14.5. The van der Waals surface area contributed by atoms with E-state index < -0.39 is 54.5 Å². The van der Waals surface area contributed by atoms with Crippen LogP contribution in [0.2, 0.25) is 0 Å². The van der Waals surface area contributed by atoms with Crippen molar-refractivity contribution in [3.05, 3.63) is 35.9 Å². The summed E-state index contributed by atoms with van der Waals surface area (Å²) in [7, 11) is 0. The summed E-state index contributed by atoms with van der Waals surface area (Å²) < 4.78 is 0. The molecule has 33 heavy (non-hydrogen) atoms. The number of amides is 3. The van der Waals surface area contributed by atoms with Crippen LogP contribution in [-0.4, -0.2) is 76.7 Å². The number of nitrogens with two attached hydrogens (primary N) is 1. The molecule has 0 aromatic heterocycles. The largest absolute Gasteiger partial charge is 0.480 e. The topological polar surface area (TPSA) is 171 Å². The number of carboxylic acid groups (broad SMARTS) is 1. The van der Waals surface area contributed by atoms with Crippen molar-refractivity contribution in [1.29, 1.82) is 0 Å². The fourth-order valence-electron chi connectivity index (χ4n) is 2.98. The van der Waals surface area contributed by atoms with Crippen LogP contribution in [0, 0.1) is 5.92 Å². The summed E-state index contributed by atoms with van der Waals surface area (Å²) in [5, 5.41) is 26.3. The van der Waals surface area contributed by atoms with Gasteiger partial charge in [-0.2, -0.15) is 11.8 Å². The number of aliphatic hydroxyl groups excluding tert-OH is 1. The first-order valence-corrected chi connectivity index (χ1v) is 12.0. The van der Waals surface area contributed by atoms with Crippen molar-refractivity contribution in [3.8, 4) is 0 Å². The molecule has 0 aliphatic rings. The molecule has 1 rings (SSSR count). The van der Waals surface area contributed by atoms with E-state index in [1.165, 1.54) is 11.8 Å². The second-order valence-corrected chi connectivity index (χ2v) is 8.94. The SMILES string of the molecule is CSCCC(NC(=O)C(CO)NC(=O)C(N)Cc1ccccc1)C(=O)NC(C(=O)O)C(C)C. The van der Waals surface area contributed by atoms with Crippen LogP contribution in [0.15, 0.2) is 30.3 Å². The minimum Gasteiger partial charge on any atom is -0.480 e. The lowest BCUT2D eigenvalue weighted by Crippen LogP contribution is -2.58. The van der Waals surface area contributed by atoms with Gasteiger partial charge in [-0.3, -0.25) is 14.4 Å². The first-order chi connectivity index (χ1) is 15.6. The Bertz CT molecular complexity index is 792. The maximum Gasteiger partial charge on any atom is 0.326 e. The molecule has 0 radical (unpaired) electrons. The molecule has 7 N–H and O–H groups in total. The average Bonchev–Trinajstić information content (AvgIpc) is 2.78. The van der Waals surface area contributed by atoms with Gasteiger partial charge in [-0.1, -0.05) is 44.2 Å². The van der Waals surface area contributed by atoms with Gasteiger partial charge in [-0.15, -0.1) is 0 Å². The first kappa shape index (κ1) is 28.4. The zero-order chi connectivity index (χ0) is 25.0. The summed E-state index contributed by atoms with van der Waals surface area (Å²) in [6.45, 7) is 2.62. The molecule has 0 spiro atoms. The van der Waals surface area contributed by atoms with E-state index in [4.69, 9.17) is 5.73 Å². The minimum absolute atomic E-state index is 0.239. The van der Waals surface area contributed by atoms with Crippen LogP contribution in [0.3, 0.4) is 0 Å². The van der Waals surface area contributed by atoms with E-state index in [1.54, 1.807) is 13.8 Å². The summed E-state index contributed by atoms with van der Waals surface area (Å²) in [5.74, 6) is -3.06. The van der Waals surface area contributed by atoms with Crippen molar-refractivity contribution in [1.82, 2.24) is 16.0 Å². The molecule has 0 aliphatic heterocycles. The molecule has 0 saturated heterocycles. The van der Waals surface area contributed by atoms with Gasteiger partial charge < -0.3 is 31.9 Å². The van der Waals surface area contributed by atoms with Gasteiger partial charge in [0.1, 0.15) is 18.1 Å². The van der Waals surface area contributed by atoms with Gasteiger partial charge in [0.25, 0.3) is 0 Å².